The molecule has 1 aliphatic heterocycles. The first-order chi connectivity index (χ1) is 8.69. The monoisotopic (exact) mass is 259 g/mol. The van der Waals surface area contributed by atoms with E-state index in [9.17, 15) is 0 Å². The van der Waals surface area contributed by atoms with Crippen molar-refractivity contribution in [2.45, 2.75) is 6.42 Å². The van der Waals surface area contributed by atoms with Gasteiger partial charge < -0.3 is 9.64 Å². The van der Waals surface area contributed by atoms with Gasteiger partial charge >= 0.3 is 0 Å². The number of methoxy groups -OCH3 is 1. The van der Waals surface area contributed by atoms with Crippen LogP contribution in [-0.2, 0) is 6.42 Å². The van der Waals surface area contributed by atoms with Gasteiger partial charge in [0.05, 0.1) is 7.11 Å². The standard InChI is InChI=1S/C15H14ClNO/c1-17-14-8-12(16)5-3-10(14)7-11-4-6-13(18-2)9-15(11)17/h3-6,8-9H,7H2,1-2H3. The molecular weight excluding hydrogens is 246 g/mol. The Bertz CT molecular complexity index is 609. The van der Waals surface area contributed by atoms with Gasteiger partial charge in [0.15, 0.2) is 0 Å². The van der Waals surface area contributed by atoms with E-state index in [1.807, 2.05) is 18.2 Å². The largest absolute Gasteiger partial charge is 0.497 e. The van der Waals surface area contributed by atoms with Crippen LogP contribution in [0.2, 0.25) is 5.02 Å². The summed E-state index contributed by atoms with van der Waals surface area (Å²) in [6.45, 7) is 0. The summed E-state index contributed by atoms with van der Waals surface area (Å²) in [6, 6.07) is 12.3. The molecule has 0 bridgehead atoms. The third kappa shape index (κ3) is 1.73. The summed E-state index contributed by atoms with van der Waals surface area (Å²) >= 11 is 6.08. The van der Waals surface area contributed by atoms with E-state index >= 15 is 0 Å². The van der Waals surface area contributed by atoms with Gasteiger partial charge in [0.2, 0.25) is 0 Å². The minimum Gasteiger partial charge on any atom is -0.497 e. The van der Waals surface area contributed by atoms with Crippen LogP contribution in [0.3, 0.4) is 0 Å². The molecular formula is C15H14ClNO. The van der Waals surface area contributed by atoms with Gasteiger partial charge in [-0.2, -0.15) is 0 Å². The maximum atomic E-state index is 6.08. The number of hydrogen-bond acceptors (Lipinski definition) is 2. The van der Waals surface area contributed by atoms with Gasteiger partial charge in [-0.05, 0) is 29.3 Å². The summed E-state index contributed by atoms with van der Waals surface area (Å²) < 4.78 is 5.29. The highest BCUT2D eigenvalue weighted by atomic mass is 35.5. The van der Waals surface area contributed by atoms with Gasteiger partial charge in [-0.15, -0.1) is 0 Å². The van der Waals surface area contributed by atoms with Crippen molar-refractivity contribution >= 4 is 23.0 Å². The lowest BCUT2D eigenvalue weighted by molar-refractivity contribution is 0.414. The Morgan fingerprint density at radius 3 is 2.44 bits per heavy atom. The minimum absolute atomic E-state index is 0.770. The van der Waals surface area contributed by atoms with Gasteiger partial charge in [-0.1, -0.05) is 23.7 Å². The first kappa shape index (κ1) is 11.4. The van der Waals surface area contributed by atoms with Crippen molar-refractivity contribution in [2.24, 2.45) is 0 Å². The lowest BCUT2D eigenvalue weighted by Crippen LogP contribution is -2.18. The number of fused-ring (bicyclic) bond motifs is 2. The van der Waals surface area contributed by atoms with Crippen molar-refractivity contribution < 1.29 is 4.74 Å². The Morgan fingerprint density at radius 1 is 1.06 bits per heavy atom. The molecule has 1 heterocycles. The first-order valence-electron chi connectivity index (χ1n) is 5.88. The molecule has 0 saturated heterocycles. The van der Waals surface area contributed by atoms with Crippen molar-refractivity contribution in [2.75, 3.05) is 19.1 Å². The highest BCUT2D eigenvalue weighted by Gasteiger charge is 2.20. The number of hydrogen-bond donors (Lipinski definition) is 0. The second-order valence-electron chi connectivity index (χ2n) is 4.50. The Kier molecular flexibility index (Phi) is 2.67. The zero-order valence-corrected chi connectivity index (χ0v) is 11.2. The molecule has 1 aliphatic rings. The summed E-state index contributed by atoms with van der Waals surface area (Å²) in [7, 11) is 3.75. The van der Waals surface area contributed by atoms with E-state index in [1.54, 1.807) is 7.11 Å². The van der Waals surface area contributed by atoms with Crippen LogP contribution in [0.15, 0.2) is 36.4 Å². The Labute approximate surface area is 112 Å². The van der Waals surface area contributed by atoms with Crippen molar-refractivity contribution in [3.63, 3.8) is 0 Å². The number of nitrogens with zero attached hydrogens (tertiary/aromatic N) is 1. The van der Waals surface area contributed by atoms with Crippen LogP contribution in [0.4, 0.5) is 11.4 Å². The molecule has 3 heteroatoms. The van der Waals surface area contributed by atoms with Crippen LogP contribution in [-0.4, -0.2) is 14.2 Å². The fourth-order valence-corrected chi connectivity index (χ4v) is 2.63. The zero-order chi connectivity index (χ0) is 12.7. The zero-order valence-electron chi connectivity index (χ0n) is 10.4. The van der Waals surface area contributed by atoms with Crippen LogP contribution >= 0.6 is 11.6 Å². The molecule has 18 heavy (non-hydrogen) atoms. The van der Waals surface area contributed by atoms with Gasteiger partial charge in [0.25, 0.3) is 0 Å². The molecule has 2 nitrogen and oxygen atoms in total. The molecule has 3 rings (SSSR count). The number of halogens is 1. The third-order valence-corrected chi connectivity index (χ3v) is 3.68. The first-order valence-corrected chi connectivity index (χ1v) is 6.26. The fraction of sp³-hybridized carbons (Fsp3) is 0.200. The highest BCUT2D eigenvalue weighted by Crippen LogP contribution is 2.40. The molecule has 0 aliphatic carbocycles. The van der Waals surface area contributed by atoms with Gasteiger partial charge in [-0.25, -0.2) is 0 Å². The molecule has 0 N–H and O–H groups in total. The SMILES string of the molecule is COc1ccc2c(c1)N(C)c1cc(Cl)ccc1C2. The summed E-state index contributed by atoms with van der Waals surface area (Å²) in [5, 5.41) is 0.770. The molecule has 0 aromatic heterocycles. The van der Waals surface area contributed by atoms with Crippen LogP contribution < -0.4 is 9.64 Å². The molecule has 2 aromatic rings. The van der Waals surface area contributed by atoms with E-state index in [4.69, 9.17) is 16.3 Å². The maximum absolute atomic E-state index is 6.08. The van der Waals surface area contributed by atoms with E-state index in [2.05, 4.69) is 30.1 Å². The van der Waals surface area contributed by atoms with E-state index in [1.165, 1.54) is 22.5 Å². The van der Waals surface area contributed by atoms with Crippen molar-refractivity contribution in [1.82, 2.24) is 0 Å². The highest BCUT2D eigenvalue weighted by molar-refractivity contribution is 6.30. The topological polar surface area (TPSA) is 12.5 Å². The van der Waals surface area contributed by atoms with Crippen LogP contribution in [0.25, 0.3) is 0 Å². The summed E-state index contributed by atoms with van der Waals surface area (Å²) in [6.07, 6.45) is 0.941. The smallest absolute Gasteiger partial charge is 0.120 e. The molecule has 2 aromatic carbocycles. The third-order valence-electron chi connectivity index (χ3n) is 3.44. The quantitative estimate of drug-likeness (QED) is 0.767. The molecule has 0 spiro atoms. The summed E-state index contributed by atoms with van der Waals surface area (Å²) in [5.74, 6) is 0.881. The van der Waals surface area contributed by atoms with Crippen molar-refractivity contribution in [3.8, 4) is 5.75 Å². The van der Waals surface area contributed by atoms with E-state index in [-0.39, 0.29) is 0 Å². The lowest BCUT2D eigenvalue weighted by atomic mass is 9.96. The average Bonchev–Trinajstić information content (AvgIpc) is 2.40. The molecule has 0 radical (unpaired) electrons. The summed E-state index contributed by atoms with van der Waals surface area (Å²) in [4.78, 5) is 2.17. The average molecular weight is 260 g/mol. The predicted molar refractivity (Wildman–Crippen MR) is 75.3 cm³/mol. The number of benzene rings is 2. The molecule has 0 atom stereocenters. The lowest BCUT2D eigenvalue weighted by Gasteiger charge is -2.30. The van der Waals surface area contributed by atoms with E-state index < -0.39 is 0 Å². The van der Waals surface area contributed by atoms with Crippen molar-refractivity contribution in [1.29, 1.82) is 0 Å². The number of rotatable bonds is 1. The Hall–Kier alpha value is -1.67. The number of ether oxygens (including phenoxy) is 1. The Balaban J connectivity index is 2.13. The summed E-state index contributed by atoms with van der Waals surface area (Å²) in [5.41, 5.74) is 4.97. The van der Waals surface area contributed by atoms with Gasteiger partial charge in [0, 0.05) is 35.9 Å². The second kappa shape index (κ2) is 4.21. The molecule has 0 fully saturated rings. The van der Waals surface area contributed by atoms with Gasteiger partial charge in [-0.3, -0.25) is 0 Å². The number of anilines is 2. The molecule has 0 saturated carbocycles. The minimum atomic E-state index is 0.770. The second-order valence-corrected chi connectivity index (χ2v) is 4.94. The van der Waals surface area contributed by atoms with Crippen LogP contribution in [0, 0.1) is 0 Å². The maximum Gasteiger partial charge on any atom is 0.120 e. The Morgan fingerprint density at radius 2 is 1.72 bits per heavy atom. The molecule has 0 amide bonds. The predicted octanol–water partition coefficient (Wildman–Crippen LogP) is 4.02. The molecule has 92 valence electrons. The normalized spacial score (nSPS) is 12.9. The fourth-order valence-electron chi connectivity index (χ4n) is 2.47. The molecule has 0 unspecified atom stereocenters. The van der Waals surface area contributed by atoms with Gasteiger partial charge in [0.1, 0.15) is 5.75 Å². The van der Waals surface area contributed by atoms with E-state index in [0.717, 1.165) is 17.2 Å². The van der Waals surface area contributed by atoms with Crippen molar-refractivity contribution in [3.05, 3.63) is 52.5 Å². The van der Waals surface area contributed by atoms with Crippen LogP contribution in [0.1, 0.15) is 11.1 Å². The van der Waals surface area contributed by atoms with E-state index in [0.29, 0.717) is 0 Å². The van der Waals surface area contributed by atoms with Crippen LogP contribution in [0.5, 0.6) is 5.75 Å².